The minimum Gasteiger partial charge on any atom is -0.368 e. The molecule has 0 aliphatic rings. The van der Waals surface area contributed by atoms with Gasteiger partial charge < -0.3 is 10.7 Å². The summed E-state index contributed by atoms with van der Waals surface area (Å²) in [4.78, 5) is 29.2. The van der Waals surface area contributed by atoms with Gasteiger partial charge in [-0.25, -0.2) is 0 Å². The van der Waals surface area contributed by atoms with Gasteiger partial charge in [-0.2, -0.15) is 0 Å². The molecule has 0 spiro atoms. The van der Waals surface area contributed by atoms with Crippen LogP contribution in [0.3, 0.4) is 0 Å². The summed E-state index contributed by atoms with van der Waals surface area (Å²) in [6, 6.07) is -0.741. The molecule has 0 saturated heterocycles. The van der Waals surface area contributed by atoms with Gasteiger partial charge in [-0.1, -0.05) is 13.8 Å². The first-order chi connectivity index (χ1) is 9.25. The minimum absolute atomic E-state index is 0.113. The molecule has 108 valence electrons. The molecule has 1 unspecified atom stereocenters. The van der Waals surface area contributed by atoms with Gasteiger partial charge >= 0.3 is 0 Å². The SMILES string of the molecule is Cc1sc2[nH]c(=S)n(C(C(N)=O)C(C)C)c(=O)c2c1C. The molecular weight excluding hydrogens is 294 g/mol. The minimum atomic E-state index is -0.741. The van der Waals surface area contributed by atoms with Crippen LogP contribution in [0.5, 0.6) is 0 Å². The number of amides is 1. The monoisotopic (exact) mass is 311 g/mol. The zero-order valence-corrected chi connectivity index (χ0v) is 13.4. The molecular formula is C13H17N3O2S2. The van der Waals surface area contributed by atoms with E-state index in [1.165, 1.54) is 15.9 Å². The van der Waals surface area contributed by atoms with Crippen molar-refractivity contribution in [2.75, 3.05) is 0 Å². The van der Waals surface area contributed by atoms with E-state index in [9.17, 15) is 9.59 Å². The number of nitrogens with one attached hydrogen (secondary N) is 1. The van der Waals surface area contributed by atoms with Gasteiger partial charge in [-0.15, -0.1) is 11.3 Å². The van der Waals surface area contributed by atoms with Crippen LogP contribution in [-0.2, 0) is 4.79 Å². The Bertz CT molecular complexity index is 798. The number of nitrogens with zero attached hydrogens (tertiary/aromatic N) is 1. The van der Waals surface area contributed by atoms with Crippen LogP contribution in [0.4, 0.5) is 0 Å². The van der Waals surface area contributed by atoms with Crippen molar-refractivity contribution in [2.45, 2.75) is 33.7 Å². The molecule has 1 atom stereocenters. The van der Waals surface area contributed by atoms with Crippen LogP contribution in [0.15, 0.2) is 4.79 Å². The second-order valence-corrected chi connectivity index (χ2v) is 6.80. The maximum atomic E-state index is 12.7. The average Bonchev–Trinajstić information content (AvgIpc) is 2.59. The van der Waals surface area contributed by atoms with E-state index in [1.54, 1.807) is 0 Å². The van der Waals surface area contributed by atoms with Gasteiger partial charge in [0, 0.05) is 4.88 Å². The summed E-state index contributed by atoms with van der Waals surface area (Å²) in [5.41, 5.74) is 6.11. The molecule has 0 saturated carbocycles. The highest BCUT2D eigenvalue weighted by Crippen LogP contribution is 2.27. The third-order valence-electron chi connectivity index (χ3n) is 3.46. The number of aryl methyl sites for hydroxylation is 2. The molecule has 0 aliphatic heterocycles. The van der Waals surface area contributed by atoms with Crippen LogP contribution in [0.2, 0.25) is 0 Å². The fourth-order valence-electron chi connectivity index (χ4n) is 2.35. The number of aromatic amines is 1. The highest BCUT2D eigenvalue weighted by atomic mass is 32.1. The van der Waals surface area contributed by atoms with Crippen molar-refractivity contribution in [3.63, 3.8) is 0 Å². The summed E-state index contributed by atoms with van der Waals surface area (Å²) in [7, 11) is 0. The number of hydrogen-bond donors (Lipinski definition) is 2. The average molecular weight is 311 g/mol. The Labute approximate surface area is 125 Å². The molecule has 5 nitrogen and oxygen atoms in total. The second-order valence-electron chi connectivity index (χ2n) is 5.18. The molecule has 2 heterocycles. The molecule has 2 aromatic heterocycles. The normalized spacial score (nSPS) is 13.1. The van der Waals surface area contributed by atoms with Crippen molar-refractivity contribution in [2.24, 2.45) is 11.7 Å². The highest BCUT2D eigenvalue weighted by molar-refractivity contribution is 7.71. The fourth-order valence-corrected chi connectivity index (χ4v) is 3.76. The zero-order chi connectivity index (χ0) is 15.2. The fraction of sp³-hybridized carbons (Fsp3) is 0.462. The van der Waals surface area contributed by atoms with Crippen molar-refractivity contribution in [3.05, 3.63) is 25.6 Å². The number of nitrogens with two attached hydrogens (primary N) is 1. The number of thiophene rings is 1. The van der Waals surface area contributed by atoms with Crippen LogP contribution in [0, 0.1) is 24.5 Å². The number of fused-ring (bicyclic) bond motifs is 1. The topological polar surface area (TPSA) is 80.9 Å². The number of rotatable bonds is 3. The first-order valence-electron chi connectivity index (χ1n) is 6.29. The Balaban J connectivity index is 2.90. The van der Waals surface area contributed by atoms with E-state index < -0.39 is 11.9 Å². The van der Waals surface area contributed by atoms with Gasteiger partial charge in [0.05, 0.1) is 5.39 Å². The lowest BCUT2D eigenvalue weighted by molar-refractivity contribution is -0.122. The predicted octanol–water partition coefficient (Wildman–Crippen LogP) is 2.42. The predicted molar refractivity (Wildman–Crippen MR) is 83.8 cm³/mol. The number of aromatic nitrogens is 2. The lowest BCUT2D eigenvalue weighted by atomic mass is 10.0. The first-order valence-corrected chi connectivity index (χ1v) is 7.52. The molecule has 20 heavy (non-hydrogen) atoms. The lowest BCUT2D eigenvalue weighted by Gasteiger charge is -2.20. The molecule has 2 rings (SSSR count). The molecule has 0 fully saturated rings. The van der Waals surface area contributed by atoms with Crippen molar-refractivity contribution >= 4 is 39.7 Å². The van der Waals surface area contributed by atoms with Crippen molar-refractivity contribution in [1.82, 2.24) is 9.55 Å². The maximum Gasteiger partial charge on any atom is 0.264 e. The van der Waals surface area contributed by atoms with E-state index in [4.69, 9.17) is 18.0 Å². The Morgan fingerprint density at radius 1 is 1.40 bits per heavy atom. The van der Waals surface area contributed by atoms with E-state index in [0.717, 1.165) is 15.3 Å². The van der Waals surface area contributed by atoms with E-state index >= 15 is 0 Å². The number of primary amides is 1. The molecule has 0 radical (unpaired) electrons. The number of H-pyrrole nitrogens is 1. The quantitative estimate of drug-likeness (QED) is 0.854. The van der Waals surface area contributed by atoms with Crippen molar-refractivity contribution in [3.8, 4) is 0 Å². The number of carbonyl (C=O) groups excluding carboxylic acids is 1. The third kappa shape index (κ3) is 2.20. The Morgan fingerprint density at radius 2 is 2.00 bits per heavy atom. The van der Waals surface area contributed by atoms with Crippen LogP contribution in [-0.4, -0.2) is 15.5 Å². The summed E-state index contributed by atoms with van der Waals surface area (Å²) < 4.78 is 1.55. The van der Waals surface area contributed by atoms with Crippen molar-refractivity contribution in [1.29, 1.82) is 0 Å². The lowest BCUT2D eigenvalue weighted by Crippen LogP contribution is -2.37. The van der Waals surface area contributed by atoms with Gasteiger partial charge in [-0.3, -0.25) is 14.2 Å². The van der Waals surface area contributed by atoms with Crippen LogP contribution in [0.25, 0.3) is 10.2 Å². The van der Waals surface area contributed by atoms with Gasteiger partial charge in [0.15, 0.2) is 4.77 Å². The highest BCUT2D eigenvalue weighted by Gasteiger charge is 2.25. The Kier molecular flexibility index (Phi) is 3.84. The smallest absolute Gasteiger partial charge is 0.264 e. The largest absolute Gasteiger partial charge is 0.368 e. The van der Waals surface area contributed by atoms with Crippen LogP contribution < -0.4 is 11.3 Å². The van der Waals surface area contributed by atoms with Crippen LogP contribution in [0.1, 0.15) is 30.3 Å². The summed E-state index contributed by atoms with van der Waals surface area (Å²) >= 11 is 6.73. The standard InChI is InChI=1S/C13H17N3O2S2/c1-5(2)9(10(14)17)16-12(18)8-6(3)7(4)20-11(8)15-13(16)19/h5,9H,1-4H3,(H2,14,17)(H,15,19). The van der Waals surface area contributed by atoms with E-state index in [1.807, 2.05) is 27.7 Å². The second kappa shape index (κ2) is 5.14. The van der Waals surface area contributed by atoms with Gasteiger partial charge in [0.25, 0.3) is 5.56 Å². The Hall–Kier alpha value is -1.47. The third-order valence-corrected chi connectivity index (χ3v) is 4.88. The molecule has 0 aromatic carbocycles. The maximum absolute atomic E-state index is 12.7. The molecule has 7 heteroatoms. The summed E-state index contributed by atoms with van der Waals surface area (Å²) in [6.07, 6.45) is 0. The first kappa shape index (κ1) is 14.9. The summed E-state index contributed by atoms with van der Waals surface area (Å²) in [6.45, 7) is 7.53. The van der Waals surface area contributed by atoms with Gasteiger partial charge in [0.2, 0.25) is 5.91 Å². The van der Waals surface area contributed by atoms with Crippen LogP contribution >= 0.6 is 23.6 Å². The van der Waals surface area contributed by atoms with Gasteiger partial charge in [0.1, 0.15) is 10.9 Å². The van der Waals surface area contributed by atoms with Crippen molar-refractivity contribution < 1.29 is 4.79 Å². The molecule has 0 aliphatic carbocycles. The molecule has 2 aromatic rings. The van der Waals surface area contributed by atoms with E-state index in [2.05, 4.69) is 4.98 Å². The molecule has 0 bridgehead atoms. The van der Waals surface area contributed by atoms with Gasteiger partial charge in [-0.05, 0) is 37.5 Å². The van der Waals surface area contributed by atoms with E-state index in [0.29, 0.717) is 5.39 Å². The Morgan fingerprint density at radius 3 is 2.50 bits per heavy atom. The summed E-state index contributed by atoms with van der Waals surface area (Å²) in [5.74, 6) is -0.664. The summed E-state index contributed by atoms with van der Waals surface area (Å²) in [5, 5.41) is 0.591. The number of hydrogen-bond acceptors (Lipinski definition) is 4. The van der Waals surface area contributed by atoms with E-state index in [-0.39, 0.29) is 16.2 Å². The molecule has 1 amide bonds. The number of carbonyl (C=O) groups is 1. The molecule has 3 N–H and O–H groups in total. The zero-order valence-electron chi connectivity index (χ0n) is 11.8.